The summed E-state index contributed by atoms with van der Waals surface area (Å²) in [6.07, 6.45) is 9.25. The third-order valence-corrected chi connectivity index (χ3v) is 4.86. The molecule has 0 fully saturated rings. The molecule has 0 radical (unpaired) electrons. The first-order valence-corrected chi connectivity index (χ1v) is 9.62. The van der Waals surface area contributed by atoms with Crippen LogP contribution in [0.2, 0.25) is 0 Å². The van der Waals surface area contributed by atoms with E-state index in [9.17, 15) is 4.79 Å². The van der Waals surface area contributed by atoms with Crippen LogP contribution in [0.1, 0.15) is 16.7 Å². The van der Waals surface area contributed by atoms with Gasteiger partial charge in [0.1, 0.15) is 5.84 Å². The van der Waals surface area contributed by atoms with E-state index in [-0.39, 0.29) is 5.91 Å². The number of aliphatic imine (C=N–C) groups is 2. The number of fused-ring (bicyclic) bond motifs is 2. The quantitative estimate of drug-likeness (QED) is 0.476. The van der Waals surface area contributed by atoms with Crippen molar-refractivity contribution >= 4 is 46.2 Å². The maximum Gasteiger partial charge on any atom is 0.271 e. The number of hydrogen-bond acceptors (Lipinski definition) is 2. The van der Waals surface area contributed by atoms with E-state index >= 15 is 0 Å². The fourth-order valence-corrected chi connectivity index (χ4v) is 3.44. The molecule has 0 bridgehead atoms. The molecule has 0 atom stereocenters. The molecule has 0 unspecified atom stereocenters. The van der Waals surface area contributed by atoms with Gasteiger partial charge in [-0.1, -0.05) is 54.6 Å². The van der Waals surface area contributed by atoms with Crippen molar-refractivity contribution in [3.63, 3.8) is 0 Å². The summed E-state index contributed by atoms with van der Waals surface area (Å²) in [7, 11) is 0. The van der Waals surface area contributed by atoms with Crippen LogP contribution in [0.15, 0.2) is 92.6 Å². The van der Waals surface area contributed by atoms with Gasteiger partial charge < -0.3 is 4.90 Å². The number of benzene rings is 2. The minimum Gasteiger partial charge on any atom is -0.327 e. The van der Waals surface area contributed by atoms with Crippen LogP contribution < -0.4 is 0 Å². The summed E-state index contributed by atoms with van der Waals surface area (Å²) in [4.78, 5) is 23.5. The fraction of sp³-hybridized carbons (Fsp3) is 0.0455. The molecule has 2 aliphatic heterocycles. The zero-order valence-corrected chi connectivity index (χ0v) is 16.6. The number of rotatable bonds is 2. The second-order valence-electron chi connectivity index (χ2n) is 6.12. The topological polar surface area (TPSA) is 45.0 Å². The smallest absolute Gasteiger partial charge is 0.271 e. The van der Waals surface area contributed by atoms with Gasteiger partial charge in [0, 0.05) is 28.0 Å². The molecular weight excluding hydrogens is 449 g/mol. The lowest BCUT2D eigenvalue weighted by molar-refractivity contribution is -0.113. The molecule has 0 aromatic heterocycles. The van der Waals surface area contributed by atoms with Crippen molar-refractivity contribution in [3.05, 3.63) is 99.3 Å². The average Bonchev–Trinajstić information content (AvgIpc) is 2.83. The number of carbonyl (C=O) groups excluding carboxylic acids is 1. The van der Waals surface area contributed by atoms with Crippen LogP contribution in [0, 0.1) is 0 Å². The van der Waals surface area contributed by atoms with Gasteiger partial charge in [-0.15, -0.1) is 0 Å². The monoisotopic (exact) mass is 465 g/mol. The van der Waals surface area contributed by atoms with Gasteiger partial charge in [0.25, 0.3) is 5.91 Å². The summed E-state index contributed by atoms with van der Waals surface area (Å²) in [5.74, 6) is 0.900. The normalized spacial score (nSPS) is 17.2. The zero-order valence-electron chi connectivity index (χ0n) is 14.4. The number of hydrogen-bond donors (Lipinski definition) is 0. The molecule has 1 amide bonds. The Morgan fingerprint density at radius 3 is 2.70 bits per heavy atom. The van der Waals surface area contributed by atoms with Crippen LogP contribution in [0.5, 0.6) is 0 Å². The molecule has 4 nitrogen and oxygen atoms in total. The third-order valence-electron chi connectivity index (χ3n) is 4.22. The van der Waals surface area contributed by atoms with E-state index in [1.54, 1.807) is 6.08 Å². The highest BCUT2D eigenvalue weighted by molar-refractivity contribution is 14.1. The van der Waals surface area contributed by atoms with E-state index in [4.69, 9.17) is 0 Å². The van der Waals surface area contributed by atoms with Gasteiger partial charge in [0.05, 0.1) is 0 Å². The highest BCUT2D eigenvalue weighted by Gasteiger charge is 2.21. The Balaban J connectivity index is 1.70. The van der Waals surface area contributed by atoms with Crippen molar-refractivity contribution in [2.45, 2.75) is 6.54 Å². The molecule has 4 rings (SSSR count). The fourth-order valence-electron chi connectivity index (χ4n) is 2.92. The molecular formula is C22H16IN3O. The van der Waals surface area contributed by atoms with Gasteiger partial charge in [-0.05, 0) is 51.9 Å². The molecule has 2 aromatic rings. The second kappa shape index (κ2) is 7.84. The van der Waals surface area contributed by atoms with Gasteiger partial charge >= 0.3 is 0 Å². The Hall–Kier alpha value is -2.80. The van der Waals surface area contributed by atoms with Gasteiger partial charge in [0.2, 0.25) is 0 Å². The Labute approximate surface area is 171 Å². The third kappa shape index (κ3) is 4.14. The van der Waals surface area contributed by atoms with E-state index < -0.39 is 0 Å². The first kappa shape index (κ1) is 17.6. The molecule has 0 saturated carbocycles. The highest BCUT2D eigenvalue weighted by Crippen LogP contribution is 2.24. The van der Waals surface area contributed by atoms with Crippen LogP contribution >= 0.6 is 22.6 Å². The van der Waals surface area contributed by atoms with Crippen LogP contribution in [0.25, 0.3) is 6.08 Å². The first-order chi connectivity index (χ1) is 13.2. The predicted molar refractivity (Wildman–Crippen MR) is 118 cm³/mol. The van der Waals surface area contributed by atoms with E-state index in [0.717, 1.165) is 26.1 Å². The van der Waals surface area contributed by atoms with Gasteiger partial charge in [0.15, 0.2) is 5.84 Å². The number of amidine groups is 2. The lowest BCUT2D eigenvalue weighted by Gasteiger charge is -2.21. The maximum absolute atomic E-state index is 12.4. The standard InChI is InChI=1S/C22H16IN3O/c23-18-11-12-20-24-22(19-9-5-4-8-17(19)14-26(20)15-18)25-21(27)13-10-16-6-2-1-3-7-16/h1-13,15H,14H2. The van der Waals surface area contributed by atoms with Gasteiger partial charge in [-0.3, -0.25) is 4.79 Å². The largest absolute Gasteiger partial charge is 0.327 e. The molecule has 5 heteroatoms. The summed E-state index contributed by atoms with van der Waals surface area (Å²) in [5, 5.41) is 0. The summed E-state index contributed by atoms with van der Waals surface area (Å²) in [6.45, 7) is 0.693. The van der Waals surface area contributed by atoms with Crippen molar-refractivity contribution in [3.8, 4) is 0 Å². The Bertz CT molecular complexity index is 1030. The van der Waals surface area contributed by atoms with Crippen molar-refractivity contribution in [2.75, 3.05) is 0 Å². The summed E-state index contributed by atoms with van der Waals surface area (Å²) >= 11 is 2.28. The second-order valence-corrected chi connectivity index (χ2v) is 7.37. The minimum absolute atomic E-state index is 0.327. The molecule has 2 heterocycles. The zero-order chi connectivity index (χ0) is 18.6. The lowest BCUT2D eigenvalue weighted by atomic mass is 10.1. The number of halogens is 1. The molecule has 27 heavy (non-hydrogen) atoms. The molecule has 2 aliphatic rings. The SMILES string of the molecule is O=C(C=Cc1ccccc1)N=C1N=C2C=CC(I)=CN2Cc2ccccc21. The van der Waals surface area contributed by atoms with E-state index in [0.29, 0.717) is 12.4 Å². The van der Waals surface area contributed by atoms with Crippen LogP contribution in [-0.2, 0) is 11.3 Å². The molecule has 0 saturated heterocycles. The lowest BCUT2D eigenvalue weighted by Crippen LogP contribution is -2.24. The van der Waals surface area contributed by atoms with E-state index in [1.165, 1.54) is 6.08 Å². The summed E-state index contributed by atoms with van der Waals surface area (Å²) in [6, 6.07) is 17.6. The number of amides is 1. The van der Waals surface area contributed by atoms with Crippen molar-refractivity contribution in [2.24, 2.45) is 9.98 Å². The Kier molecular flexibility index (Phi) is 5.11. The number of allylic oxidation sites excluding steroid dienone is 2. The summed E-state index contributed by atoms with van der Waals surface area (Å²) in [5.41, 5.74) is 2.93. The van der Waals surface area contributed by atoms with Crippen LogP contribution in [0.3, 0.4) is 0 Å². The van der Waals surface area contributed by atoms with Gasteiger partial charge in [-0.25, -0.2) is 4.99 Å². The van der Waals surface area contributed by atoms with Crippen molar-refractivity contribution in [1.29, 1.82) is 0 Å². The number of nitrogens with zero attached hydrogens (tertiary/aromatic N) is 3. The average molecular weight is 465 g/mol. The van der Waals surface area contributed by atoms with Crippen LogP contribution in [-0.4, -0.2) is 22.5 Å². The van der Waals surface area contributed by atoms with Crippen LogP contribution in [0.4, 0.5) is 0 Å². The highest BCUT2D eigenvalue weighted by atomic mass is 127. The van der Waals surface area contributed by atoms with Crippen molar-refractivity contribution < 1.29 is 4.79 Å². The van der Waals surface area contributed by atoms with E-state index in [1.807, 2.05) is 66.7 Å². The maximum atomic E-state index is 12.4. The molecule has 2 aromatic carbocycles. The predicted octanol–water partition coefficient (Wildman–Crippen LogP) is 4.73. The molecule has 132 valence electrons. The first-order valence-electron chi connectivity index (χ1n) is 8.54. The van der Waals surface area contributed by atoms with E-state index in [2.05, 4.69) is 43.7 Å². The Morgan fingerprint density at radius 2 is 1.85 bits per heavy atom. The molecule has 0 aliphatic carbocycles. The summed E-state index contributed by atoms with van der Waals surface area (Å²) < 4.78 is 1.13. The Morgan fingerprint density at radius 1 is 1.07 bits per heavy atom. The van der Waals surface area contributed by atoms with Gasteiger partial charge in [-0.2, -0.15) is 4.99 Å². The minimum atomic E-state index is -0.327. The van der Waals surface area contributed by atoms with Crippen molar-refractivity contribution in [1.82, 2.24) is 4.90 Å². The molecule has 0 N–H and O–H groups in total. The molecule has 0 spiro atoms. The number of carbonyl (C=O) groups is 1.